The number of cyclic esters (lactones) is 1. The molecule has 0 N–H and O–H groups in total. The van der Waals surface area contributed by atoms with E-state index >= 15 is 0 Å². The van der Waals surface area contributed by atoms with E-state index in [1.807, 2.05) is 12.1 Å². The van der Waals surface area contributed by atoms with Crippen LogP contribution in [0.1, 0.15) is 25.7 Å². The monoisotopic (exact) mass is 295 g/mol. The van der Waals surface area contributed by atoms with Gasteiger partial charge in [0.1, 0.15) is 0 Å². The van der Waals surface area contributed by atoms with Gasteiger partial charge >= 0.3 is 5.97 Å². The van der Waals surface area contributed by atoms with E-state index in [0.29, 0.717) is 19.1 Å². The molecule has 0 saturated carbocycles. The van der Waals surface area contributed by atoms with E-state index in [4.69, 9.17) is 4.74 Å². The number of carbonyl (C=O) groups is 1. The number of anilines is 2. The zero-order chi connectivity index (χ0) is 15.2. The van der Waals surface area contributed by atoms with Gasteiger partial charge in [0, 0.05) is 23.8 Å². The summed E-state index contributed by atoms with van der Waals surface area (Å²) in [5.74, 6) is -0.0780. The standard InChI is InChI=1S/C19H21NO2/c21-19-14-13-18(12-7-15-22-19)20(16-8-3-1-4-9-16)17-10-5-2-6-11-17/h1-6,8-11,18H,7,12-15H2. The quantitative estimate of drug-likeness (QED) is 0.790. The van der Waals surface area contributed by atoms with Gasteiger partial charge in [0.15, 0.2) is 0 Å². The first kappa shape index (κ1) is 14.6. The van der Waals surface area contributed by atoms with E-state index in [1.54, 1.807) is 0 Å². The molecule has 0 spiro atoms. The fraction of sp³-hybridized carbons (Fsp3) is 0.316. The van der Waals surface area contributed by atoms with Crippen LogP contribution in [0.15, 0.2) is 60.7 Å². The van der Waals surface area contributed by atoms with Crippen LogP contribution in [0.25, 0.3) is 0 Å². The maximum atomic E-state index is 11.6. The van der Waals surface area contributed by atoms with Crippen molar-refractivity contribution in [3.63, 3.8) is 0 Å². The number of nitrogens with zero attached hydrogens (tertiary/aromatic N) is 1. The molecule has 1 heterocycles. The number of para-hydroxylation sites is 2. The van der Waals surface area contributed by atoms with Crippen LogP contribution in [-0.4, -0.2) is 18.6 Å². The van der Waals surface area contributed by atoms with E-state index in [0.717, 1.165) is 19.3 Å². The molecule has 3 nitrogen and oxygen atoms in total. The van der Waals surface area contributed by atoms with Crippen LogP contribution in [-0.2, 0) is 9.53 Å². The molecule has 0 radical (unpaired) electrons. The molecule has 1 aliphatic heterocycles. The first-order valence-electron chi connectivity index (χ1n) is 7.89. The lowest BCUT2D eigenvalue weighted by Crippen LogP contribution is -2.33. The van der Waals surface area contributed by atoms with Crippen LogP contribution < -0.4 is 4.90 Å². The Labute approximate surface area is 131 Å². The molecular weight excluding hydrogens is 274 g/mol. The van der Waals surface area contributed by atoms with Crippen molar-refractivity contribution in [3.8, 4) is 0 Å². The summed E-state index contributed by atoms with van der Waals surface area (Å²) in [5, 5.41) is 0. The summed E-state index contributed by atoms with van der Waals surface area (Å²) in [5.41, 5.74) is 2.35. The Hall–Kier alpha value is -2.29. The van der Waals surface area contributed by atoms with Crippen LogP contribution in [0.2, 0.25) is 0 Å². The van der Waals surface area contributed by atoms with E-state index in [1.165, 1.54) is 11.4 Å². The smallest absolute Gasteiger partial charge is 0.305 e. The van der Waals surface area contributed by atoms with E-state index in [2.05, 4.69) is 53.4 Å². The summed E-state index contributed by atoms with van der Waals surface area (Å²) in [4.78, 5) is 14.0. The average molecular weight is 295 g/mol. The van der Waals surface area contributed by atoms with Gasteiger partial charge in [-0.25, -0.2) is 0 Å². The van der Waals surface area contributed by atoms with Crippen molar-refractivity contribution in [2.75, 3.05) is 11.5 Å². The van der Waals surface area contributed by atoms with Crippen molar-refractivity contribution in [1.82, 2.24) is 0 Å². The van der Waals surface area contributed by atoms with Gasteiger partial charge in [0.25, 0.3) is 0 Å². The van der Waals surface area contributed by atoms with Crippen molar-refractivity contribution in [3.05, 3.63) is 60.7 Å². The number of esters is 1. The van der Waals surface area contributed by atoms with Crippen molar-refractivity contribution in [2.45, 2.75) is 31.7 Å². The van der Waals surface area contributed by atoms with Gasteiger partial charge in [-0.3, -0.25) is 4.79 Å². The Morgan fingerprint density at radius 1 is 0.864 bits per heavy atom. The maximum absolute atomic E-state index is 11.6. The number of benzene rings is 2. The third-order valence-corrected chi connectivity index (χ3v) is 4.06. The van der Waals surface area contributed by atoms with Crippen molar-refractivity contribution < 1.29 is 9.53 Å². The summed E-state index contributed by atoms with van der Waals surface area (Å²) in [6.45, 7) is 0.534. The van der Waals surface area contributed by atoms with Gasteiger partial charge in [-0.05, 0) is 43.5 Å². The highest BCUT2D eigenvalue weighted by molar-refractivity contribution is 5.70. The summed E-state index contributed by atoms with van der Waals surface area (Å²) in [6, 6.07) is 21.1. The molecule has 2 aromatic carbocycles. The second kappa shape index (κ2) is 7.12. The normalized spacial score (nSPS) is 18.9. The fourth-order valence-corrected chi connectivity index (χ4v) is 3.01. The Morgan fingerprint density at radius 2 is 1.45 bits per heavy atom. The largest absolute Gasteiger partial charge is 0.466 e. The minimum atomic E-state index is -0.0780. The first-order chi connectivity index (χ1) is 10.8. The second-order valence-corrected chi connectivity index (χ2v) is 5.60. The molecule has 0 bridgehead atoms. The second-order valence-electron chi connectivity index (χ2n) is 5.60. The molecule has 1 fully saturated rings. The summed E-state index contributed by atoms with van der Waals surface area (Å²) in [7, 11) is 0. The lowest BCUT2D eigenvalue weighted by molar-refractivity contribution is -0.144. The third-order valence-electron chi connectivity index (χ3n) is 4.06. The van der Waals surface area contributed by atoms with Gasteiger partial charge in [-0.1, -0.05) is 36.4 Å². The topological polar surface area (TPSA) is 29.5 Å². The maximum Gasteiger partial charge on any atom is 0.305 e. The van der Waals surface area contributed by atoms with Crippen LogP contribution in [0.4, 0.5) is 11.4 Å². The molecule has 0 aliphatic carbocycles. The predicted molar refractivity (Wildman–Crippen MR) is 88.2 cm³/mol. The highest BCUT2D eigenvalue weighted by Crippen LogP contribution is 2.31. The van der Waals surface area contributed by atoms with E-state index < -0.39 is 0 Å². The molecule has 1 saturated heterocycles. The first-order valence-corrected chi connectivity index (χ1v) is 7.89. The molecule has 0 aromatic heterocycles. The van der Waals surface area contributed by atoms with Crippen LogP contribution in [0, 0.1) is 0 Å². The highest BCUT2D eigenvalue weighted by Gasteiger charge is 2.23. The fourth-order valence-electron chi connectivity index (χ4n) is 3.01. The van der Waals surface area contributed by atoms with Crippen LogP contribution in [0.3, 0.4) is 0 Å². The Kier molecular flexibility index (Phi) is 4.74. The predicted octanol–water partition coefficient (Wildman–Crippen LogP) is 4.31. The van der Waals surface area contributed by atoms with Crippen LogP contribution in [0.5, 0.6) is 0 Å². The molecule has 2 aromatic rings. The number of rotatable bonds is 3. The van der Waals surface area contributed by atoms with Gasteiger partial charge < -0.3 is 9.64 Å². The number of carbonyl (C=O) groups excluding carboxylic acids is 1. The van der Waals surface area contributed by atoms with Crippen molar-refractivity contribution in [1.29, 1.82) is 0 Å². The summed E-state index contributed by atoms with van der Waals surface area (Å²) < 4.78 is 5.16. The van der Waals surface area contributed by atoms with Crippen molar-refractivity contribution in [2.24, 2.45) is 0 Å². The number of hydrogen-bond acceptors (Lipinski definition) is 3. The number of hydrogen-bond donors (Lipinski definition) is 0. The Bertz CT molecular complexity index is 558. The summed E-state index contributed by atoms with van der Waals surface area (Å²) in [6.07, 6.45) is 3.24. The lowest BCUT2D eigenvalue weighted by Gasteiger charge is -2.35. The minimum Gasteiger partial charge on any atom is -0.466 e. The third kappa shape index (κ3) is 3.48. The number of ether oxygens (including phenoxy) is 1. The zero-order valence-electron chi connectivity index (χ0n) is 12.7. The van der Waals surface area contributed by atoms with Gasteiger partial charge in [0.05, 0.1) is 6.61 Å². The molecule has 3 rings (SSSR count). The summed E-state index contributed by atoms with van der Waals surface area (Å²) >= 11 is 0. The molecule has 1 unspecified atom stereocenters. The SMILES string of the molecule is O=C1CCC(N(c2ccccc2)c2ccccc2)CCCO1. The molecule has 22 heavy (non-hydrogen) atoms. The lowest BCUT2D eigenvalue weighted by atomic mass is 10.0. The molecule has 114 valence electrons. The molecule has 1 atom stereocenters. The molecule has 0 amide bonds. The van der Waals surface area contributed by atoms with E-state index in [-0.39, 0.29) is 5.97 Å². The van der Waals surface area contributed by atoms with Gasteiger partial charge in [0.2, 0.25) is 0 Å². The minimum absolute atomic E-state index is 0.0780. The van der Waals surface area contributed by atoms with Crippen molar-refractivity contribution >= 4 is 17.3 Å². The van der Waals surface area contributed by atoms with Crippen LogP contribution >= 0.6 is 0 Å². The van der Waals surface area contributed by atoms with Gasteiger partial charge in [-0.2, -0.15) is 0 Å². The Morgan fingerprint density at radius 3 is 2.05 bits per heavy atom. The Balaban J connectivity index is 1.92. The van der Waals surface area contributed by atoms with E-state index in [9.17, 15) is 4.79 Å². The average Bonchev–Trinajstić information content (AvgIpc) is 2.56. The molecular formula is C19H21NO2. The highest BCUT2D eigenvalue weighted by atomic mass is 16.5. The molecule has 1 aliphatic rings. The zero-order valence-corrected chi connectivity index (χ0v) is 12.7. The molecule has 3 heteroatoms. The van der Waals surface area contributed by atoms with Gasteiger partial charge in [-0.15, -0.1) is 0 Å².